The first-order valence-electron chi connectivity index (χ1n) is 8.60. The fourth-order valence-electron chi connectivity index (χ4n) is 4.10. The normalized spacial score (nSPS) is 32.0. The summed E-state index contributed by atoms with van der Waals surface area (Å²) in [5.41, 5.74) is 0. The zero-order chi connectivity index (χ0) is 14.2. The Kier molecular flexibility index (Phi) is 3.67. The van der Waals surface area contributed by atoms with Gasteiger partial charge < -0.3 is 5.32 Å². The molecule has 1 aromatic rings. The van der Waals surface area contributed by atoms with Crippen LogP contribution in [-0.2, 0) is 6.54 Å². The van der Waals surface area contributed by atoms with Gasteiger partial charge in [0.05, 0.1) is 12.6 Å². The van der Waals surface area contributed by atoms with Crippen LogP contribution in [0.25, 0.3) is 0 Å². The molecule has 21 heavy (non-hydrogen) atoms. The number of hydrogen-bond acceptors (Lipinski definition) is 5. The van der Waals surface area contributed by atoms with Crippen LogP contribution in [0.2, 0.25) is 0 Å². The van der Waals surface area contributed by atoms with Gasteiger partial charge in [-0.3, -0.25) is 4.90 Å². The molecule has 2 aliphatic heterocycles. The van der Waals surface area contributed by atoms with E-state index < -0.39 is 0 Å². The van der Waals surface area contributed by atoms with Crippen LogP contribution in [0.4, 0.5) is 0 Å². The lowest BCUT2D eigenvalue weighted by atomic mass is 9.98. The second-order valence-corrected chi connectivity index (χ2v) is 7.00. The minimum atomic E-state index is 0.572. The monoisotopic (exact) mass is 290 g/mol. The molecule has 6 nitrogen and oxygen atoms in total. The maximum atomic E-state index is 4.29. The minimum absolute atomic E-state index is 0.572. The van der Waals surface area contributed by atoms with E-state index in [2.05, 4.69) is 37.3 Å². The Morgan fingerprint density at radius 1 is 1.19 bits per heavy atom. The summed E-state index contributed by atoms with van der Waals surface area (Å²) in [5.74, 6) is 1.07. The van der Waals surface area contributed by atoms with E-state index in [9.17, 15) is 0 Å². The van der Waals surface area contributed by atoms with Gasteiger partial charge in [-0.1, -0.05) is 6.92 Å². The summed E-state index contributed by atoms with van der Waals surface area (Å²) in [5, 5.41) is 16.1. The molecule has 2 unspecified atom stereocenters. The highest BCUT2D eigenvalue weighted by Crippen LogP contribution is 2.35. The summed E-state index contributed by atoms with van der Waals surface area (Å²) >= 11 is 0. The Balaban J connectivity index is 1.47. The molecule has 2 saturated heterocycles. The van der Waals surface area contributed by atoms with E-state index in [-0.39, 0.29) is 0 Å². The first-order valence-corrected chi connectivity index (χ1v) is 8.60. The lowest BCUT2D eigenvalue weighted by molar-refractivity contribution is 0.129. The Labute approximate surface area is 126 Å². The molecule has 1 N–H and O–H groups in total. The third-order valence-electron chi connectivity index (χ3n) is 5.27. The fraction of sp³-hybridized carbons (Fsp3) is 0.933. The molecule has 116 valence electrons. The number of fused-ring (bicyclic) bond motifs is 2. The number of nitrogens with zero attached hydrogens (tertiary/aromatic N) is 5. The molecular formula is C15H26N6. The van der Waals surface area contributed by atoms with Crippen LogP contribution in [0, 0.1) is 0 Å². The van der Waals surface area contributed by atoms with Crippen molar-refractivity contribution in [2.24, 2.45) is 0 Å². The molecule has 3 heterocycles. The van der Waals surface area contributed by atoms with E-state index >= 15 is 0 Å². The van der Waals surface area contributed by atoms with E-state index in [1.54, 1.807) is 0 Å². The third kappa shape index (κ3) is 2.83. The molecule has 3 fully saturated rings. The highest BCUT2D eigenvalue weighted by Gasteiger charge is 2.36. The molecule has 6 heteroatoms. The van der Waals surface area contributed by atoms with Crippen molar-refractivity contribution in [3.8, 4) is 0 Å². The summed E-state index contributed by atoms with van der Waals surface area (Å²) < 4.78 is 2.07. The van der Waals surface area contributed by atoms with Crippen LogP contribution in [0.5, 0.6) is 0 Å². The van der Waals surface area contributed by atoms with Gasteiger partial charge in [0.2, 0.25) is 0 Å². The second kappa shape index (κ2) is 5.65. The molecule has 1 aliphatic carbocycles. The average Bonchev–Trinajstić information content (AvgIpc) is 3.15. The quantitative estimate of drug-likeness (QED) is 0.860. The van der Waals surface area contributed by atoms with Crippen molar-refractivity contribution in [3.63, 3.8) is 0 Å². The summed E-state index contributed by atoms with van der Waals surface area (Å²) in [6.45, 7) is 4.34. The molecule has 1 saturated carbocycles. The molecule has 0 radical (unpaired) electrons. The molecule has 1 aromatic heterocycles. The standard InChI is InChI=1S/C15H26N6/c1-2-7-20(14-8-11-3-4-12(9-14)16-11)10-15-17-18-19-21(15)13-5-6-13/h11-14,16H,2-10H2,1H3. The van der Waals surface area contributed by atoms with Crippen LogP contribution in [-0.4, -0.2) is 49.8 Å². The Bertz CT molecular complexity index is 470. The van der Waals surface area contributed by atoms with Gasteiger partial charge in [-0.25, -0.2) is 4.68 Å². The summed E-state index contributed by atoms with van der Waals surface area (Å²) in [7, 11) is 0. The topological polar surface area (TPSA) is 58.9 Å². The molecule has 3 aliphatic rings. The van der Waals surface area contributed by atoms with E-state index in [0.29, 0.717) is 12.1 Å². The largest absolute Gasteiger partial charge is 0.311 e. The van der Waals surface area contributed by atoms with Crippen molar-refractivity contribution in [3.05, 3.63) is 5.82 Å². The van der Waals surface area contributed by atoms with Gasteiger partial charge in [-0.05, 0) is 61.9 Å². The first kappa shape index (κ1) is 13.6. The SMILES string of the molecule is CCCN(Cc1nnnn1C1CC1)C1CC2CCC(C1)N2. The molecule has 4 rings (SSSR count). The summed E-state index contributed by atoms with van der Waals surface area (Å²) in [6, 6.07) is 2.76. The van der Waals surface area contributed by atoms with Crippen molar-refractivity contribution in [2.45, 2.75) is 82.6 Å². The van der Waals surface area contributed by atoms with E-state index in [1.165, 1.54) is 44.9 Å². The summed E-state index contributed by atoms with van der Waals surface area (Å²) in [6.07, 6.45) is 8.99. The smallest absolute Gasteiger partial charge is 0.165 e. The number of tetrazole rings is 1. The van der Waals surface area contributed by atoms with Crippen LogP contribution in [0.15, 0.2) is 0 Å². The van der Waals surface area contributed by atoms with Gasteiger partial charge in [0.1, 0.15) is 0 Å². The van der Waals surface area contributed by atoms with Gasteiger partial charge >= 0.3 is 0 Å². The van der Waals surface area contributed by atoms with Crippen LogP contribution >= 0.6 is 0 Å². The summed E-state index contributed by atoms with van der Waals surface area (Å²) in [4.78, 5) is 2.64. The van der Waals surface area contributed by atoms with Gasteiger partial charge in [0.15, 0.2) is 5.82 Å². The van der Waals surface area contributed by atoms with Crippen molar-refractivity contribution >= 4 is 0 Å². The minimum Gasteiger partial charge on any atom is -0.311 e. The lowest BCUT2D eigenvalue weighted by Gasteiger charge is -2.37. The second-order valence-electron chi connectivity index (χ2n) is 7.00. The Morgan fingerprint density at radius 3 is 2.62 bits per heavy atom. The Hall–Kier alpha value is -1.01. The van der Waals surface area contributed by atoms with E-state index in [1.807, 2.05) is 0 Å². The highest BCUT2D eigenvalue weighted by molar-refractivity contribution is 4.97. The zero-order valence-corrected chi connectivity index (χ0v) is 12.9. The van der Waals surface area contributed by atoms with Crippen LogP contribution in [0.1, 0.15) is 63.7 Å². The number of hydrogen-bond donors (Lipinski definition) is 1. The van der Waals surface area contributed by atoms with Crippen LogP contribution < -0.4 is 5.32 Å². The van der Waals surface area contributed by atoms with E-state index in [4.69, 9.17) is 0 Å². The van der Waals surface area contributed by atoms with Gasteiger partial charge in [0, 0.05) is 18.1 Å². The number of rotatable bonds is 6. The van der Waals surface area contributed by atoms with Crippen molar-refractivity contribution in [1.29, 1.82) is 0 Å². The average molecular weight is 290 g/mol. The lowest BCUT2D eigenvalue weighted by Crippen LogP contribution is -2.48. The fourth-order valence-corrected chi connectivity index (χ4v) is 4.10. The number of piperidine rings is 1. The van der Waals surface area contributed by atoms with Crippen molar-refractivity contribution in [2.75, 3.05) is 6.54 Å². The van der Waals surface area contributed by atoms with Gasteiger partial charge in [-0.2, -0.15) is 0 Å². The molecular weight excluding hydrogens is 264 g/mol. The first-order chi connectivity index (χ1) is 10.3. The van der Waals surface area contributed by atoms with E-state index in [0.717, 1.165) is 31.0 Å². The molecule has 0 spiro atoms. The molecule has 0 amide bonds. The molecule has 2 bridgehead atoms. The van der Waals surface area contributed by atoms with Crippen molar-refractivity contribution < 1.29 is 0 Å². The predicted molar refractivity (Wildman–Crippen MR) is 79.8 cm³/mol. The van der Waals surface area contributed by atoms with Gasteiger partial charge in [-0.15, -0.1) is 5.10 Å². The maximum absolute atomic E-state index is 4.29. The highest BCUT2D eigenvalue weighted by atomic mass is 15.6. The predicted octanol–water partition coefficient (Wildman–Crippen LogP) is 1.50. The van der Waals surface area contributed by atoms with Crippen LogP contribution in [0.3, 0.4) is 0 Å². The molecule has 2 atom stereocenters. The number of aromatic nitrogens is 4. The van der Waals surface area contributed by atoms with Crippen molar-refractivity contribution in [1.82, 2.24) is 30.4 Å². The third-order valence-corrected chi connectivity index (χ3v) is 5.27. The number of nitrogens with one attached hydrogen (secondary N) is 1. The maximum Gasteiger partial charge on any atom is 0.165 e. The molecule has 0 aromatic carbocycles. The Morgan fingerprint density at radius 2 is 1.95 bits per heavy atom. The zero-order valence-electron chi connectivity index (χ0n) is 12.9. The van der Waals surface area contributed by atoms with Gasteiger partial charge in [0.25, 0.3) is 0 Å².